The van der Waals surface area contributed by atoms with Crippen LogP contribution in [0.2, 0.25) is 0 Å². The van der Waals surface area contributed by atoms with E-state index in [9.17, 15) is 9.59 Å². The third-order valence-electron chi connectivity index (χ3n) is 4.80. The van der Waals surface area contributed by atoms with Crippen molar-refractivity contribution < 1.29 is 19.1 Å². The van der Waals surface area contributed by atoms with E-state index in [4.69, 9.17) is 9.47 Å². The SMILES string of the molecule is CCOc1ccccc1C(=O)NCC1CCN(C(=O)Oc2ccccc2)CC1. The maximum absolute atomic E-state index is 12.5. The first-order chi connectivity index (χ1) is 13.7. The van der Waals surface area contributed by atoms with Gasteiger partial charge in [0.25, 0.3) is 5.91 Å². The molecule has 0 atom stereocenters. The number of carbonyl (C=O) groups is 2. The first-order valence-corrected chi connectivity index (χ1v) is 9.69. The van der Waals surface area contributed by atoms with Crippen LogP contribution in [0.3, 0.4) is 0 Å². The van der Waals surface area contributed by atoms with E-state index in [1.807, 2.05) is 37.3 Å². The Labute approximate surface area is 165 Å². The topological polar surface area (TPSA) is 67.9 Å². The highest BCUT2D eigenvalue weighted by Crippen LogP contribution is 2.20. The molecule has 0 radical (unpaired) electrons. The van der Waals surface area contributed by atoms with Crippen molar-refractivity contribution in [3.05, 3.63) is 60.2 Å². The fraction of sp³-hybridized carbons (Fsp3) is 0.364. The Morgan fingerprint density at radius 3 is 2.43 bits per heavy atom. The van der Waals surface area contributed by atoms with Crippen molar-refractivity contribution in [2.24, 2.45) is 5.92 Å². The second-order valence-electron chi connectivity index (χ2n) is 6.75. The molecule has 2 amide bonds. The van der Waals surface area contributed by atoms with E-state index in [1.54, 1.807) is 29.2 Å². The first kappa shape index (κ1) is 19.7. The maximum Gasteiger partial charge on any atom is 0.415 e. The van der Waals surface area contributed by atoms with Crippen molar-refractivity contribution in [3.8, 4) is 11.5 Å². The third kappa shape index (κ3) is 5.25. The summed E-state index contributed by atoms with van der Waals surface area (Å²) in [6, 6.07) is 16.3. The largest absolute Gasteiger partial charge is 0.493 e. The predicted molar refractivity (Wildman–Crippen MR) is 107 cm³/mol. The normalized spacial score (nSPS) is 14.4. The lowest BCUT2D eigenvalue weighted by atomic mass is 9.97. The van der Waals surface area contributed by atoms with Gasteiger partial charge in [-0.1, -0.05) is 30.3 Å². The summed E-state index contributed by atoms with van der Waals surface area (Å²) in [6.07, 6.45) is 1.34. The van der Waals surface area contributed by atoms with Gasteiger partial charge in [-0.05, 0) is 49.9 Å². The Morgan fingerprint density at radius 1 is 1.04 bits per heavy atom. The zero-order valence-corrected chi connectivity index (χ0v) is 16.1. The van der Waals surface area contributed by atoms with Crippen molar-refractivity contribution in [3.63, 3.8) is 0 Å². The number of rotatable bonds is 6. The molecule has 1 aliphatic heterocycles. The van der Waals surface area contributed by atoms with Gasteiger partial charge in [0.1, 0.15) is 11.5 Å². The van der Waals surface area contributed by atoms with E-state index in [0.717, 1.165) is 12.8 Å². The lowest BCUT2D eigenvalue weighted by Gasteiger charge is -2.31. The number of piperidine rings is 1. The minimum absolute atomic E-state index is 0.130. The first-order valence-electron chi connectivity index (χ1n) is 9.69. The Balaban J connectivity index is 1.44. The molecule has 0 saturated carbocycles. The summed E-state index contributed by atoms with van der Waals surface area (Å²) in [6.45, 7) is 4.25. The molecule has 28 heavy (non-hydrogen) atoms. The molecule has 0 aromatic heterocycles. The van der Waals surface area contributed by atoms with Crippen molar-refractivity contribution in [2.45, 2.75) is 19.8 Å². The van der Waals surface area contributed by atoms with Crippen LogP contribution >= 0.6 is 0 Å². The minimum atomic E-state index is -0.320. The van der Waals surface area contributed by atoms with Gasteiger partial charge in [0, 0.05) is 19.6 Å². The quantitative estimate of drug-likeness (QED) is 0.827. The highest BCUT2D eigenvalue weighted by molar-refractivity contribution is 5.96. The van der Waals surface area contributed by atoms with Gasteiger partial charge >= 0.3 is 6.09 Å². The van der Waals surface area contributed by atoms with Crippen LogP contribution in [0.4, 0.5) is 4.79 Å². The zero-order chi connectivity index (χ0) is 19.8. The van der Waals surface area contributed by atoms with E-state index in [-0.39, 0.29) is 12.0 Å². The van der Waals surface area contributed by atoms with Gasteiger partial charge in [-0.15, -0.1) is 0 Å². The second kappa shape index (κ2) is 9.78. The predicted octanol–water partition coefficient (Wildman–Crippen LogP) is 3.73. The molecule has 2 aromatic carbocycles. The van der Waals surface area contributed by atoms with Gasteiger partial charge in [0.2, 0.25) is 0 Å². The summed E-state index contributed by atoms with van der Waals surface area (Å²) in [7, 11) is 0. The summed E-state index contributed by atoms with van der Waals surface area (Å²) < 4.78 is 10.9. The number of nitrogens with zero attached hydrogens (tertiary/aromatic N) is 1. The number of hydrogen-bond donors (Lipinski definition) is 1. The molecule has 1 N–H and O–H groups in total. The smallest absolute Gasteiger partial charge is 0.415 e. The van der Waals surface area contributed by atoms with Crippen LogP contribution in [0.1, 0.15) is 30.1 Å². The number of nitrogens with one attached hydrogen (secondary N) is 1. The molecule has 0 aliphatic carbocycles. The van der Waals surface area contributed by atoms with Crippen LogP contribution in [0, 0.1) is 5.92 Å². The molecule has 148 valence electrons. The van der Waals surface area contributed by atoms with E-state index in [2.05, 4.69) is 5.32 Å². The Morgan fingerprint density at radius 2 is 1.71 bits per heavy atom. The molecule has 1 fully saturated rings. The van der Waals surface area contributed by atoms with Crippen LogP contribution in [0.15, 0.2) is 54.6 Å². The molecule has 6 heteroatoms. The molecule has 0 unspecified atom stereocenters. The number of ether oxygens (including phenoxy) is 2. The van der Waals surface area contributed by atoms with Crippen molar-refractivity contribution in [1.29, 1.82) is 0 Å². The van der Waals surface area contributed by atoms with Gasteiger partial charge in [0.05, 0.1) is 12.2 Å². The Hall–Kier alpha value is -3.02. The van der Waals surface area contributed by atoms with E-state index >= 15 is 0 Å². The lowest BCUT2D eigenvalue weighted by molar-refractivity contribution is 0.0927. The molecule has 2 aromatic rings. The summed E-state index contributed by atoms with van der Waals surface area (Å²) in [5, 5.41) is 3.00. The van der Waals surface area contributed by atoms with Crippen molar-refractivity contribution in [1.82, 2.24) is 10.2 Å². The molecule has 1 heterocycles. The average Bonchev–Trinajstić information content (AvgIpc) is 2.74. The monoisotopic (exact) mass is 382 g/mol. The molecular weight excluding hydrogens is 356 g/mol. The van der Waals surface area contributed by atoms with Crippen molar-refractivity contribution >= 4 is 12.0 Å². The lowest BCUT2D eigenvalue weighted by Crippen LogP contribution is -2.42. The van der Waals surface area contributed by atoms with Crippen LogP contribution in [-0.4, -0.2) is 43.1 Å². The fourth-order valence-corrected chi connectivity index (χ4v) is 3.24. The van der Waals surface area contributed by atoms with Gasteiger partial charge in [-0.3, -0.25) is 4.79 Å². The average molecular weight is 382 g/mol. The summed E-state index contributed by atoms with van der Waals surface area (Å²) in [4.78, 5) is 26.4. The fourth-order valence-electron chi connectivity index (χ4n) is 3.24. The Bertz CT molecular complexity index is 786. The van der Waals surface area contributed by atoms with Crippen molar-refractivity contribution in [2.75, 3.05) is 26.2 Å². The van der Waals surface area contributed by atoms with Gasteiger partial charge in [-0.25, -0.2) is 4.79 Å². The minimum Gasteiger partial charge on any atom is -0.493 e. The number of likely N-dealkylation sites (tertiary alicyclic amines) is 1. The summed E-state index contributed by atoms with van der Waals surface area (Å²) >= 11 is 0. The van der Waals surface area contributed by atoms with Crippen LogP contribution in [0.25, 0.3) is 0 Å². The van der Waals surface area contributed by atoms with Crippen LogP contribution in [0.5, 0.6) is 11.5 Å². The van der Waals surface area contributed by atoms with Crippen LogP contribution < -0.4 is 14.8 Å². The molecule has 0 bridgehead atoms. The highest BCUT2D eigenvalue weighted by atomic mass is 16.6. The molecule has 1 aliphatic rings. The Kier molecular flexibility index (Phi) is 6.89. The zero-order valence-electron chi connectivity index (χ0n) is 16.1. The van der Waals surface area contributed by atoms with E-state index < -0.39 is 0 Å². The van der Waals surface area contributed by atoms with Gasteiger partial charge in [-0.2, -0.15) is 0 Å². The molecule has 3 rings (SSSR count). The van der Waals surface area contributed by atoms with E-state index in [1.165, 1.54) is 0 Å². The highest BCUT2D eigenvalue weighted by Gasteiger charge is 2.24. The van der Waals surface area contributed by atoms with Gasteiger partial charge in [0.15, 0.2) is 0 Å². The summed E-state index contributed by atoms with van der Waals surface area (Å²) in [5.74, 6) is 1.36. The van der Waals surface area contributed by atoms with E-state index in [0.29, 0.717) is 49.2 Å². The maximum atomic E-state index is 12.5. The van der Waals surface area contributed by atoms with Gasteiger partial charge < -0.3 is 19.7 Å². The molecule has 0 spiro atoms. The third-order valence-corrected chi connectivity index (χ3v) is 4.80. The number of benzene rings is 2. The number of para-hydroxylation sites is 2. The number of hydrogen-bond acceptors (Lipinski definition) is 4. The molecule has 6 nitrogen and oxygen atoms in total. The summed E-state index contributed by atoms with van der Waals surface area (Å²) in [5.41, 5.74) is 0.549. The molecule has 1 saturated heterocycles. The molecular formula is C22H26N2O4. The second-order valence-corrected chi connectivity index (χ2v) is 6.75. The standard InChI is InChI=1S/C22H26N2O4/c1-2-27-20-11-7-6-10-19(20)21(25)23-16-17-12-14-24(15-13-17)22(26)28-18-8-4-3-5-9-18/h3-11,17H,2,12-16H2,1H3,(H,23,25). The van der Waals surface area contributed by atoms with Crippen LogP contribution in [-0.2, 0) is 0 Å². The number of amides is 2. The number of carbonyl (C=O) groups excluding carboxylic acids is 2.